The lowest BCUT2D eigenvalue weighted by molar-refractivity contribution is -0.135. The molecule has 2 N–H and O–H groups in total. The predicted octanol–water partition coefficient (Wildman–Crippen LogP) is -0.110. The molecule has 1 rings (SSSR count). The van der Waals surface area contributed by atoms with Crippen LogP contribution in [-0.4, -0.2) is 54.5 Å². The third kappa shape index (κ3) is 2.97. The van der Waals surface area contributed by atoms with Gasteiger partial charge >= 0.3 is 0 Å². The second-order valence-corrected chi connectivity index (χ2v) is 4.34. The molecule has 1 aliphatic rings. The van der Waals surface area contributed by atoms with Crippen molar-refractivity contribution in [3.63, 3.8) is 0 Å². The summed E-state index contributed by atoms with van der Waals surface area (Å²) in [4.78, 5) is 16.1. The highest BCUT2D eigenvalue weighted by Gasteiger charge is 2.28. The number of rotatable bonds is 3. The molecule has 2 unspecified atom stereocenters. The molecule has 1 aliphatic heterocycles. The maximum atomic E-state index is 11.9. The first kappa shape index (κ1) is 13.0. The molecular formula is C12H21N3O. The lowest BCUT2D eigenvalue weighted by atomic mass is 10.1. The maximum absolute atomic E-state index is 11.9. The summed E-state index contributed by atoms with van der Waals surface area (Å²) in [5.74, 6) is 2.43. The van der Waals surface area contributed by atoms with Crippen molar-refractivity contribution in [1.82, 2.24) is 9.80 Å². The third-order valence-corrected chi connectivity index (χ3v) is 3.21. The van der Waals surface area contributed by atoms with Gasteiger partial charge < -0.3 is 10.6 Å². The van der Waals surface area contributed by atoms with E-state index in [0.717, 1.165) is 26.1 Å². The Morgan fingerprint density at radius 1 is 1.62 bits per heavy atom. The number of terminal acetylenes is 1. The minimum absolute atomic E-state index is 0.00972. The first-order valence-electron chi connectivity index (χ1n) is 5.78. The molecule has 90 valence electrons. The van der Waals surface area contributed by atoms with Crippen LogP contribution in [0.15, 0.2) is 0 Å². The van der Waals surface area contributed by atoms with Crippen molar-refractivity contribution < 1.29 is 4.79 Å². The molecule has 1 fully saturated rings. The van der Waals surface area contributed by atoms with Crippen molar-refractivity contribution in [2.45, 2.75) is 31.8 Å². The van der Waals surface area contributed by atoms with Gasteiger partial charge in [-0.3, -0.25) is 9.69 Å². The van der Waals surface area contributed by atoms with E-state index in [0.29, 0.717) is 12.5 Å². The quantitative estimate of drug-likeness (QED) is 0.679. The number of nitrogens with zero attached hydrogens (tertiary/aromatic N) is 2. The fourth-order valence-corrected chi connectivity index (χ4v) is 2.04. The number of hydrogen-bond acceptors (Lipinski definition) is 3. The van der Waals surface area contributed by atoms with Gasteiger partial charge in [-0.05, 0) is 13.5 Å². The second-order valence-electron chi connectivity index (χ2n) is 4.34. The minimum atomic E-state index is -0.536. The van der Waals surface area contributed by atoms with E-state index in [-0.39, 0.29) is 5.91 Å². The highest BCUT2D eigenvalue weighted by molar-refractivity contribution is 5.82. The van der Waals surface area contributed by atoms with Gasteiger partial charge in [0.1, 0.15) is 0 Å². The summed E-state index contributed by atoms with van der Waals surface area (Å²) >= 11 is 0. The van der Waals surface area contributed by atoms with E-state index >= 15 is 0 Å². The van der Waals surface area contributed by atoms with E-state index in [9.17, 15) is 4.79 Å². The van der Waals surface area contributed by atoms with Gasteiger partial charge in [-0.1, -0.05) is 6.92 Å². The zero-order valence-corrected chi connectivity index (χ0v) is 10.1. The molecule has 4 nitrogen and oxygen atoms in total. The number of likely N-dealkylation sites (N-methyl/N-ethyl adjacent to an activating group) is 1. The molecule has 0 aromatic carbocycles. The van der Waals surface area contributed by atoms with Crippen molar-refractivity contribution >= 4 is 5.91 Å². The first-order valence-corrected chi connectivity index (χ1v) is 5.78. The van der Waals surface area contributed by atoms with Gasteiger partial charge in [-0.2, -0.15) is 0 Å². The van der Waals surface area contributed by atoms with Crippen LogP contribution < -0.4 is 5.73 Å². The Labute approximate surface area is 97.8 Å². The summed E-state index contributed by atoms with van der Waals surface area (Å²) in [6.45, 7) is 4.57. The number of amides is 1. The summed E-state index contributed by atoms with van der Waals surface area (Å²) < 4.78 is 0. The fraction of sp³-hybridized carbons (Fsp3) is 0.750. The van der Waals surface area contributed by atoms with Crippen molar-refractivity contribution in [3.05, 3.63) is 0 Å². The molecular weight excluding hydrogens is 202 g/mol. The van der Waals surface area contributed by atoms with Crippen molar-refractivity contribution in [2.75, 3.05) is 26.7 Å². The average Bonchev–Trinajstić information content (AvgIpc) is 2.29. The Bertz CT molecular complexity index is 284. The highest BCUT2D eigenvalue weighted by atomic mass is 16.2. The number of carbonyl (C=O) groups excluding carboxylic acids is 1. The standard InChI is InChI=1S/C12H21N3O/c1-4-6-11(13)12(16)15-8-7-14(3)10(5-2)9-15/h1,10-11H,5-9,13H2,2-3H3. The van der Waals surface area contributed by atoms with Gasteiger partial charge in [0.2, 0.25) is 5.91 Å². The van der Waals surface area contributed by atoms with Crippen LogP contribution in [0, 0.1) is 12.3 Å². The van der Waals surface area contributed by atoms with Crippen LogP contribution in [0.2, 0.25) is 0 Å². The number of carbonyl (C=O) groups is 1. The van der Waals surface area contributed by atoms with E-state index in [1.165, 1.54) is 0 Å². The molecule has 0 bridgehead atoms. The lowest BCUT2D eigenvalue weighted by Gasteiger charge is -2.39. The molecule has 1 amide bonds. The zero-order chi connectivity index (χ0) is 12.1. The molecule has 0 aromatic heterocycles. The lowest BCUT2D eigenvalue weighted by Crippen LogP contribution is -2.56. The summed E-state index contributed by atoms with van der Waals surface area (Å²) in [5, 5.41) is 0. The minimum Gasteiger partial charge on any atom is -0.338 e. The molecule has 0 saturated carbocycles. The van der Waals surface area contributed by atoms with Crippen LogP contribution in [0.1, 0.15) is 19.8 Å². The zero-order valence-electron chi connectivity index (χ0n) is 10.1. The number of nitrogens with two attached hydrogens (primary N) is 1. The predicted molar refractivity (Wildman–Crippen MR) is 64.7 cm³/mol. The van der Waals surface area contributed by atoms with Crippen molar-refractivity contribution in [1.29, 1.82) is 0 Å². The van der Waals surface area contributed by atoms with E-state index in [1.807, 2.05) is 4.90 Å². The van der Waals surface area contributed by atoms with E-state index in [2.05, 4.69) is 24.8 Å². The number of hydrogen-bond donors (Lipinski definition) is 1. The normalized spacial score (nSPS) is 23.9. The van der Waals surface area contributed by atoms with Gasteiger partial charge in [0.05, 0.1) is 6.04 Å². The molecule has 16 heavy (non-hydrogen) atoms. The van der Waals surface area contributed by atoms with Gasteiger partial charge in [0.15, 0.2) is 0 Å². The Morgan fingerprint density at radius 2 is 2.31 bits per heavy atom. The topological polar surface area (TPSA) is 49.6 Å². The maximum Gasteiger partial charge on any atom is 0.240 e. The van der Waals surface area contributed by atoms with Gasteiger partial charge in [0.25, 0.3) is 0 Å². The average molecular weight is 223 g/mol. The Kier molecular flexibility index (Phi) is 4.78. The fourth-order valence-electron chi connectivity index (χ4n) is 2.04. The Morgan fingerprint density at radius 3 is 2.88 bits per heavy atom. The Balaban J connectivity index is 2.55. The highest BCUT2D eigenvalue weighted by Crippen LogP contribution is 2.11. The van der Waals surface area contributed by atoms with Crippen LogP contribution in [-0.2, 0) is 4.79 Å². The van der Waals surface area contributed by atoms with Crippen LogP contribution in [0.4, 0.5) is 0 Å². The van der Waals surface area contributed by atoms with Crippen LogP contribution in [0.25, 0.3) is 0 Å². The summed E-state index contributed by atoms with van der Waals surface area (Å²) in [5.41, 5.74) is 5.73. The third-order valence-electron chi connectivity index (χ3n) is 3.21. The van der Waals surface area contributed by atoms with Gasteiger partial charge in [0, 0.05) is 32.1 Å². The van der Waals surface area contributed by atoms with E-state index < -0.39 is 6.04 Å². The van der Waals surface area contributed by atoms with Crippen molar-refractivity contribution in [2.24, 2.45) is 5.73 Å². The van der Waals surface area contributed by atoms with Gasteiger partial charge in [-0.15, -0.1) is 12.3 Å². The SMILES string of the molecule is C#CCC(N)C(=O)N1CCN(C)C(CC)C1. The van der Waals surface area contributed by atoms with Crippen molar-refractivity contribution in [3.8, 4) is 12.3 Å². The number of piperazine rings is 1. The van der Waals surface area contributed by atoms with E-state index in [4.69, 9.17) is 12.2 Å². The molecule has 1 heterocycles. The molecule has 0 spiro atoms. The Hall–Kier alpha value is -1.05. The smallest absolute Gasteiger partial charge is 0.240 e. The van der Waals surface area contributed by atoms with E-state index in [1.54, 1.807) is 0 Å². The summed E-state index contributed by atoms with van der Waals surface area (Å²) in [7, 11) is 2.09. The molecule has 0 radical (unpaired) electrons. The largest absolute Gasteiger partial charge is 0.338 e. The van der Waals surface area contributed by atoms with Gasteiger partial charge in [-0.25, -0.2) is 0 Å². The summed E-state index contributed by atoms with van der Waals surface area (Å²) in [6.07, 6.45) is 6.53. The van der Waals surface area contributed by atoms with Crippen LogP contribution in [0.5, 0.6) is 0 Å². The monoisotopic (exact) mass is 223 g/mol. The molecule has 0 aliphatic carbocycles. The van der Waals surface area contributed by atoms with Crippen LogP contribution in [0.3, 0.4) is 0 Å². The molecule has 0 aromatic rings. The molecule has 4 heteroatoms. The second kappa shape index (κ2) is 5.88. The molecule has 2 atom stereocenters. The molecule has 1 saturated heterocycles. The first-order chi connectivity index (χ1) is 7.60. The summed E-state index contributed by atoms with van der Waals surface area (Å²) in [6, 6.07) is -0.0957. The van der Waals surface area contributed by atoms with Crippen LogP contribution >= 0.6 is 0 Å².